The summed E-state index contributed by atoms with van der Waals surface area (Å²) in [5, 5.41) is 3.26. The smallest absolute Gasteiger partial charge is 0.105 e. The van der Waals surface area contributed by atoms with Gasteiger partial charge in [0, 0.05) is 13.0 Å². The fourth-order valence-electron chi connectivity index (χ4n) is 1.15. The Kier molecular flexibility index (Phi) is 4.14. The molecular formula is C11H15NO. The quantitative estimate of drug-likeness (QED) is 0.694. The van der Waals surface area contributed by atoms with Crippen molar-refractivity contribution >= 4 is 0 Å². The topological polar surface area (TPSA) is 25.2 Å². The summed E-state index contributed by atoms with van der Waals surface area (Å²) in [4.78, 5) is 0. The largest absolute Gasteiger partial charge is 0.469 e. The zero-order valence-electron chi connectivity index (χ0n) is 7.92. The van der Waals surface area contributed by atoms with Gasteiger partial charge in [-0.15, -0.1) is 6.42 Å². The Bertz CT molecular complexity index is 258. The number of hydrogen-bond donors (Lipinski definition) is 1. The Balaban J connectivity index is 2.18. The summed E-state index contributed by atoms with van der Waals surface area (Å²) >= 11 is 0. The van der Waals surface area contributed by atoms with Crippen LogP contribution in [0, 0.1) is 12.3 Å². The first-order valence-corrected chi connectivity index (χ1v) is 4.58. The van der Waals surface area contributed by atoms with Crippen LogP contribution in [0.4, 0.5) is 0 Å². The molecule has 0 aliphatic carbocycles. The zero-order chi connectivity index (χ0) is 9.52. The lowest BCUT2D eigenvalue weighted by molar-refractivity contribution is 0.490. The van der Waals surface area contributed by atoms with Crippen LogP contribution in [0.1, 0.15) is 19.1 Å². The lowest BCUT2D eigenvalue weighted by atomic mass is 10.2. The van der Waals surface area contributed by atoms with Crippen LogP contribution < -0.4 is 5.32 Å². The summed E-state index contributed by atoms with van der Waals surface area (Å²) < 4.78 is 5.19. The van der Waals surface area contributed by atoms with Crippen LogP contribution in [0.3, 0.4) is 0 Å². The van der Waals surface area contributed by atoms with E-state index in [-0.39, 0.29) is 6.04 Å². The Morgan fingerprint density at radius 1 is 1.69 bits per heavy atom. The average Bonchev–Trinajstić information content (AvgIpc) is 2.65. The molecular weight excluding hydrogens is 162 g/mol. The number of hydrogen-bond acceptors (Lipinski definition) is 2. The van der Waals surface area contributed by atoms with Crippen molar-refractivity contribution in [3.05, 3.63) is 24.2 Å². The minimum Gasteiger partial charge on any atom is -0.469 e. The highest BCUT2D eigenvalue weighted by atomic mass is 16.3. The fraction of sp³-hybridized carbons (Fsp3) is 0.455. The summed E-state index contributed by atoms with van der Waals surface area (Å²) in [6.45, 7) is 2.95. The highest BCUT2D eigenvalue weighted by Crippen LogP contribution is 2.00. The van der Waals surface area contributed by atoms with Crippen LogP contribution in [0.25, 0.3) is 0 Å². The van der Waals surface area contributed by atoms with Crippen molar-refractivity contribution in [1.82, 2.24) is 5.32 Å². The summed E-state index contributed by atoms with van der Waals surface area (Å²) in [6.07, 6.45) is 8.86. The van der Waals surface area contributed by atoms with E-state index in [1.807, 2.05) is 12.1 Å². The third kappa shape index (κ3) is 3.35. The molecule has 0 aliphatic rings. The van der Waals surface area contributed by atoms with E-state index in [1.54, 1.807) is 6.26 Å². The molecule has 0 saturated carbocycles. The van der Waals surface area contributed by atoms with Crippen molar-refractivity contribution in [2.75, 3.05) is 6.54 Å². The Morgan fingerprint density at radius 2 is 2.54 bits per heavy atom. The van der Waals surface area contributed by atoms with Gasteiger partial charge in [-0.25, -0.2) is 0 Å². The van der Waals surface area contributed by atoms with Gasteiger partial charge in [-0.1, -0.05) is 12.8 Å². The number of rotatable bonds is 5. The van der Waals surface area contributed by atoms with Crippen LogP contribution >= 0.6 is 0 Å². The summed E-state index contributed by atoms with van der Waals surface area (Å²) in [7, 11) is 0. The predicted octanol–water partition coefficient (Wildman–Crippen LogP) is 1.82. The van der Waals surface area contributed by atoms with E-state index in [1.165, 1.54) is 0 Å². The van der Waals surface area contributed by atoms with Crippen molar-refractivity contribution in [3.8, 4) is 12.3 Å². The minimum absolute atomic E-state index is 0.190. The van der Waals surface area contributed by atoms with Crippen LogP contribution in [0.2, 0.25) is 0 Å². The SMILES string of the molecule is C#CC(CC)NCCc1ccco1. The standard InChI is InChI=1S/C11H15NO/c1-3-10(4-2)12-8-7-11-6-5-9-13-11/h1,5-6,9-10,12H,4,7-8H2,2H3. The van der Waals surface area contributed by atoms with Gasteiger partial charge in [0.2, 0.25) is 0 Å². The van der Waals surface area contributed by atoms with Gasteiger partial charge in [-0.05, 0) is 18.6 Å². The summed E-state index contributed by atoms with van der Waals surface area (Å²) in [5.41, 5.74) is 0. The van der Waals surface area contributed by atoms with E-state index in [4.69, 9.17) is 10.8 Å². The molecule has 2 nitrogen and oxygen atoms in total. The zero-order valence-corrected chi connectivity index (χ0v) is 7.92. The highest BCUT2D eigenvalue weighted by Gasteiger charge is 2.00. The monoisotopic (exact) mass is 177 g/mol. The van der Waals surface area contributed by atoms with Crippen molar-refractivity contribution in [2.24, 2.45) is 0 Å². The van der Waals surface area contributed by atoms with Crippen molar-refractivity contribution in [3.63, 3.8) is 0 Å². The molecule has 0 aromatic carbocycles. The maximum atomic E-state index is 5.31. The third-order valence-corrected chi connectivity index (χ3v) is 1.95. The molecule has 0 amide bonds. The minimum atomic E-state index is 0.190. The van der Waals surface area contributed by atoms with Gasteiger partial charge in [0.25, 0.3) is 0 Å². The van der Waals surface area contributed by atoms with E-state index in [0.29, 0.717) is 0 Å². The van der Waals surface area contributed by atoms with Crippen LogP contribution in [0.5, 0.6) is 0 Å². The number of terminal acetylenes is 1. The molecule has 0 fully saturated rings. The first kappa shape index (κ1) is 9.88. The van der Waals surface area contributed by atoms with Crippen molar-refractivity contribution in [2.45, 2.75) is 25.8 Å². The molecule has 13 heavy (non-hydrogen) atoms. The molecule has 0 saturated heterocycles. The van der Waals surface area contributed by atoms with Gasteiger partial charge >= 0.3 is 0 Å². The van der Waals surface area contributed by atoms with Gasteiger partial charge in [0.1, 0.15) is 5.76 Å². The van der Waals surface area contributed by atoms with Crippen LogP contribution in [0.15, 0.2) is 22.8 Å². The van der Waals surface area contributed by atoms with Crippen LogP contribution in [-0.2, 0) is 6.42 Å². The average molecular weight is 177 g/mol. The van der Waals surface area contributed by atoms with E-state index >= 15 is 0 Å². The number of nitrogens with one attached hydrogen (secondary N) is 1. The molecule has 1 rings (SSSR count). The molecule has 1 N–H and O–H groups in total. The maximum Gasteiger partial charge on any atom is 0.105 e. The third-order valence-electron chi connectivity index (χ3n) is 1.95. The molecule has 0 spiro atoms. The van der Waals surface area contributed by atoms with E-state index < -0.39 is 0 Å². The number of furan rings is 1. The fourth-order valence-corrected chi connectivity index (χ4v) is 1.15. The Morgan fingerprint density at radius 3 is 3.08 bits per heavy atom. The lowest BCUT2D eigenvalue weighted by Crippen LogP contribution is -2.28. The van der Waals surface area contributed by atoms with Gasteiger partial charge < -0.3 is 9.73 Å². The van der Waals surface area contributed by atoms with Crippen molar-refractivity contribution < 1.29 is 4.42 Å². The first-order chi connectivity index (χ1) is 6.36. The van der Waals surface area contributed by atoms with E-state index in [0.717, 1.165) is 25.1 Å². The van der Waals surface area contributed by atoms with Gasteiger partial charge in [0.05, 0.1) is 12.3 Å². The molecule has 70 valence electrons. The maximum absolute atomic E-state index is 5.31. The Hall–Kier alpha value is -1.20. The second-order valence-corrected chi connectivity index (χ2v) is 2.91. The molecule has 1 atom stereocenters. The molecule has 1 unspecified atom stereocenters. The highest BCUT2D eigenvalue weighted by molar-refractivity contribution is 5.01. The van der Waals surface area contributed by atoms with Gasteiger partial charge in [-0.2, -0.15) is 0 Å². The van der Waals surface area contributed by atoms with Gasteiger partial charge in [0.15, 0.2) is 0 Å². The second-order valence-electron chi connectivity index (χ2n) is 2.91. The molecule has 2 heteroatoms. The summed E-state index contributed by atoms with van der Waals surface area (Å²) in [5.74, 6) is 3.69. The predicted molar refractivity (Wildman–Crippen MR) is 53.3 cm³/mol. The lowest BCUT2D eigenvalue weighted by Gasteiger charge is -2.08. The molecule has 0 bridgehead atoms. The molecule has 1 heterocycles. The molecule has 1 aromatic rings. The summed E-state index contributed by atoms with van der Waals surface area (Å²) in [6, 6.07) is 4.06. The molecule has 1 aromatic heterocycles. The van der Waals surface area contributed by atoms with Crippen molar-refractivity contribution in [1.29, 1.82) is 0 Å². The van der Waals surface area contributed by atoms with E-state index in [2.05, 4.69) is 18.2 Å². The normalized spacial score (nSPS) is 12.3. The molecule has 0 radical (unpaired) electrons. The van der Waals surface area contributed by atoms with E-state index in [9.17, 15) is 0 Å². The Labute approximate surface area is 79.3 Å². The molecule has 0 aliphatic heterocycles. The second kappa shape index (κ2) is 5.45. The van der Waals surface area contributed by atoms with Gasteiger partial charge in [-0.3, -0.25) is 0 Å². The van der Waals surface area contributed by atoms with Crippen LogP contribution in [-0.4, -0.2) is 12.6 Å². The first-order valence-electron chi connectivity index (χ1n) is 4.58.